The molecule has 1 unspecified atom stereocenters. The van der Waals surface area contributed by atoms with E-state index >= 15 is 0 Å². The molecule has 1 N–H and O–H groups in total. The first kappa shape index (κ1) is 23.2. The summed E-state index contributed by atoms with van der Waals surface area (Å²) in [7, 11) is 0. The minimum absolute atomic E-state index is 0.00551. The molecule has 0 aliphatic carbocycles. The second kappa shape index (κ2) is 10.7. The maximum Gasteiger partial charge on any atom is 0.229 e. The molecule has 33 heavy (non-hydrogen) atoms. The largest absolute Gasteiger partial charge is 0.494 e. The van der Waals surface area contributed by atoms with Crippen LogP contribution in [0, 0.1) is 5.92 Å². The molecule has 7 nitrogen and oxygen atoms in total. The van der Waals surface area contributed by atoms with Crippen LogP contribution in [0.5, 0.6) is 17.2 Å². The molecule has 4 rings (SSSR count). The van der Waals surface area contributed by atoms with Crippen molar-refractivity contribution in [3.63, 3.8) is 0 Å². The van der Waals surface area contributed by atoms with Crippen LogP contribution in [-0.4, -0.2) is 43.8 Å². The molecule has 3 aromatic rings. The fourth-order valence-electron chi connectivity index (χ4n) is 4.03. The van der Waals surface area contributed by atoms with Gasteiger partial charge in [0, 0.05) is 19.2 Å². The number of hydrogen-bond donors (Lipinski definition) is 1. The van der Waals surface area contributed by atoms with E-state index in [0.29, 0.717) is 43.6 Å². The zero-order chi connectivity index (χ0) is 23.2. The van der Waals surface area contributed by atoms with E-state index in [2.05, 4.69) is 10.2 Å². The van der Waals surface area contributed by atoms with E-state index < -0.39 is 0 Å². The molecule has 8 heteroatoms. The van der Waals surface area contributed by atoms with Crippen molar-refractivity contribution in [2.24, 2.45) is 5.92 Å². The second-order valence-corrected chi connectivity index (χ2v) is 8.87. The van der Waals surface area contributed by atoms with Crippen LogP contribution >= 0.6 is 11.3 Å². The molecule has 1 aliphatic heterocycles. The van der Waals surface area contributed by atoms with Gasteiger partial charge in [-0.25, -0.2) is 4.98 Å². The minimum Gasteiger partial charge on any atom is -0.494 e. The molecule has 1 saturated heterocycles. The molecule has 0 bridgehead atoms. The quantitative estimate of drug-likeness (QED) is 0.456. The first-order chi connectivity index (χ1) is 16.1. The van der Waals surface area contributed by atoms with E-state index in [-0.39, 0.29) is 11.8 Å². The molecular weight excluding hydrogens is 438 g/mol. The van der Waals surface area contributed by atoms with Gasteiger partial charge in [-0.15, -0.1) is 0 Å². The van der Waals surface area contributed by atoms with Gasteiger partial charge in [-0.3, -0.25) is 4.79 Å². The van der Waals surface area contributed by atoms with Gasteiger partial charge in [-0.2, -0.15) is 0 Å². The van der Waals surface area contributed by atoms with Crippen LogP contribution < -0.4 is 24.4 Å². The molecule has 2 aromatic carbocycles. The summed E-state index contributed by atoms with van der Waals surface area (Å²) < 4.78 is 18.0. The Labute approximate surface area is 198 Å². The fourth-order valence-corrected chi connectivity index (χ4v) is 5.06. The normalized spacial score (nSPS) is 16.0. The Balaban J connectivity index is 1.48. The van der Waals surface area contributed by atoms with Crippen molar-refractivity contribution in [3.05, 3.63) is 36.4 Å². The molecule has 1 amide bonds. The van der Waals surface area contributed by atoms with Crippen molar-refractivity contribution >= 4 is 38.3 Å². The molecule has 0 radical (unpaired) electrons. The smallest absolute Gasteiger partial charge is 0.229 e. The third-order valence-electron chi connectivity index (χ3n) is 5.54. The number of carbonyl (C=O) groups excluding carboxylic acids is 1. The first-order valence-electron chi connectivity index (χ1n) is 11.6. The number of hydrogen-bond acceptors (Lipinski definition) is 7. The number of carbonyl (C=O) groups is 1. The molecule has 1 atom stereocenters. The van der Waals surface area contributed by atoms with Crippen LogP contribution in [0.15, 0.2) is 36.4 Å². The Morgan fingerprint density at radius 3 is 2.55 bits per heavy atom. The standard InChI is InChI=1S/C25H31N3O4S/c1-4-30-18-10-12-22(32-6-3)21(14-18)26-24(29)17-8-7-13-28(16-17)25-27-20-11-9-19(31-5-2)15-23(20)33-25/h9-12,14-15,17H,4-8,13,16H2,1-3H3,(H,26,29). The van der Waals surface area contributed by atoms with Crippen molar-refractivity contribution in [1.82, 2.24) is 4.98 Å². The number of rotatable bonds is 9. The number of nitrogens with zero attached hydrogens (tertiary/aromatic N) is 2. The Bertz CT molecular complexity index is 1100. The maximum atomic E-state index is 13.2. The van der Waals surface area contributed by atoms with E-state index in [9.17, 15) is 4.79 Å². The Morgan fingerprint density at radius 2 is 1.79 bits per heavy atom. The van der Waals surface area contributed by atoms with Gasteiger partial charge in [-0.1, -0.05) is 11.3 Å². The summed E-state index contributed by atoms with van der Waals surface area (Å²) in [5, 5.41) is 4.03. The third-order valence-corrected chi connectivity index (χ3v) is 6.62. The fraction of sp³-hybridized carbons (Fsp3) is 0.440. The number of ether oxygens (including phenoxy) is 3. The lowest BCUT2D eigenvalue weighted by Gasteiger charge is -2.31. The average Bonchev–Trinajstić information content (AvgIpc) is 3.25. The Kier molecular flexibility index (Phi) is 7.54. The summed E-state index contributed by atoms with van der Waals surface area (Å²) in [6.45, 7) is 9.10. The molecule has 0 spiro atoms. The Hall–Kier alpha value is -3.00. The van der Waals surface area contributed by atoms with E-state index in [1.54, 1.807) is 11.3 Å². The number of benzene rings is 2. The van der Waals surface area contributed by atoms with Gasteiger partial charge in [-0.05, 0) is 63.9 Å². The number of anilines is 2. The van der Waals surface area contributed by atoms with Crippen LogP contribution in [0.25, 0.3) is 10.2 Å². The van der Waals surface area contributed by atoms with E-state index in [0.717, 1.165) is 40.5 Å². The summed E-state index contributed by atoms with van der Waals surface area (Å²) in [6, 6.07) is 11.5. The van der Waals surface area contributed by atoms with E-state index in [4.69, 9.17) is 19.2 Å². The van der Waals surface area contributed by atoms with Gasteiger partial charge in [0.05, 0.1) is 41.6 Å². The summed E-state index contributed by atoms with van der Waals surface area (Å²) in [6.07, 6.45) is 1.78. The molecule has 0 saturated carbocycles. The van der Waals surface area contributed by atoms with Gasteiger partial charge in [0.15, 0.2) is 5.13 Å². The topological polar surface area (TPSA) is 72.9 Å². The van der Waals surface area contributed by atoms with Crippen LogP contribution in [0.2, 0.25) is 0 Å². The highest BCUT2D eigenvalue weighted by Gasteiger charge is 2.28. The number of aromatic nitrogens is 1. The molecule has 2 heterocycles. The zero-order valence-electron chi connectivity index (χ0n) is 19.4. The minimum atomic E-state index is -0.130. The zero-order valence-corrected chi connectivity index (χ0v) is 20.2. The molecule has 176 valence electrons. The van der Waals surface area contributed by atoms with Crippen molar-refractivity contribution in [1.29, 1.82) is 0 Å². The predicted octanol–water partition coefficient (Wildman–Crippen LogP) is 5.35. The van der Waals surface area contributed by atoms with Crippen molar-refractivity contribution in [2.75, 3.05) is 43.1 Å². The van der Waals surface area contributed by atoms with E-state index in [1.807, 2.05) is 57.2 Å². The summed E-state index contributed by atoms with van der Waals surface area (Å²) in [5.41, 5.74) is 1.60. The van der Waals surface area contributed by atoms with Crippen LogP contribution in [0.4, 0.5) is 10.8 Å². The molecule has 1 aromatic heterocycles. The Morgan fingerprint density at radius 1 is 1.06 bits per heavy atom. The lowest BCUT2D eigenvalue weighted by molar-refractivity contribution is -0.120. The first-order valence-corrected chi connectivity index (χ1v) is 12.4. The van der Waals surface area contributed by atoms with Crippen molar-refractivity contribution in [2.45, 2.75) is 33.6 Å². The highest BCUT2D eigenvalue weighted by molar-refractivity contribution is 7.22. The number of fused-ring (bicyclic) bond motifs is 1. The highest BCUT2D eigenvalue weighted by Crippen LogP contribution is 2.35. The van der Waals surface area contributed by atoms with Gasteiger partial charge < -0.3 is 24.4 Å². The van der Waals surface area contributed by atoms with Gasteiger partial charge in [0.2, 0.25) is 5.91 Å². The second-order valence-electron chi connectivity index (χ2n) is 7.86. The van der Waals surface area contributed by atoms with Crippen molar-refractivity contribution in [3.8, 4) is 17.2 Å². The van der Waals surface area contributed by atoms with Gasteiger partial charge in [0.25, 0.3) is 0 Å². The molecular formula is C25H31N3O4S. The van der Waals surface area contributed by atoms with E-state index in [1.165, 1.54) is 0 Å². The number of nitrogens with one attached hydrogen (secondary N) is 1. The third kappa shape index (κ3) is 5.50. The molecule has 1 aliphatic rings. The number of piperidine rings is 1. The average molecular weight is 470 g/mol. The van der Waals surface area contributed by atoms with Gasteiger partial charge >= 0.3 is 0 Å². The SMILES string of the molecule is CCOc1ccc(OCC)c(NC(=O)C2CCCN(c3nc4ccc(OCC)cc4s3)C2)c1. The summed E-state index contributed by atoms with van der Waals surface area (Å²) >= 11 is 1.64. The summed E-state index contributed by atoms with van der Waals surface area (Å²) in [4.78, 5) is 20.2. The van der Waals surface area contributed by atoms with Crippen LogP contribution in [-0.2, 0) is 4.79 Å². The lowest BCUT2D eigenvalue weighted by Crippen LogP contribution is -2.40. The van der Waals surface area contributed by atoms with Crippen molar-refractivity contribution < 1.29 is 19.0 Å². The number of amides is 1. The van der Waals surface area contributed by atoms with Crippen LogP contribution in [0.1, 0.15) is 33.6 Å². The maximum absolute atomic E-state index is 13.2. The van der Waals surface area contributed by atoms with Crippen LogP contribution in [0.3, 0.4) is 0 Å². The number of thiazole rings is 1. The summed E-state index contributed by atoms with van der Waals surface area (Å²) in [5.74, 6) is 2.08. The predicted molar refractivity (Wildman–Crippen MR) is 133 cm³/mol. The highest BCUT2D eigenvalue weighted by atomic mass is 32.1. The lowest BCUT2D eigenvalue weighted by atomic mass is 9.97. The monoisotopic (exact) mass is 469 g/mol. The molecule has 1 fully saturated rings. The van der Waals surface area contributed by atoms with Gasteiger partial charge in [0.1, 0.15) is 17.2 Å².